The van der Waals surface area contributed by atoms with Crippen molar-refractivity contribution in [3.63, 3.8) is 0 Å². The van der Waals surface area contributed by atoms with Crippen LogP contribution >= 0.6 is 0 Å². The highest BCUT2D eigenvalue weighted by Gasteiger charge is 2.03. The molecule has 2 aromatic heterocycles. The van der Waals surface area contributed by atoms with Gasteiger partial charge in [-0.25, -0.2) is 4.98 Å². The fraction of sp³-hybridized carbons (Fsp3) is 0.0714. The van der Waals surface area contributed by atoms with Crippen LogP contribution in [0.2, 0.25) is 0 Å². The van der Waals surface area contributed by atoms with E-state index in [9.17, 15) is 0 Å². The van der Waals surface area contributed by atoms with Crippen LogP contribution in [0.3, 0.4) is 0 Å². The van der Waals surface area contributed by atoms with Gasteiger partial charge in [0.15, 0.2) is 0 Å². The molecule has 0 fully saturated rings. The Labute approximate surface area is 110 Å². The molecule has 1 aromatic carbocycles. The monoisotopic (exact) mass is 252 g/mol. The van der Waals surface area contributed by atoms with E-state index in [2.05, 4.69) is 15.0 Å². The van der Waals surface area contributed by atoms with Gasteiger partial charge in [0.25, 0.3) is 0 Å². The molecule has 0 bridgehead atoms. The van der Waals surface area contributed by atoms with Crippen molar-refractivity contribution in [1.29, 1.82) is 0 Å². The average molecular weight is 252 g/mol. The Morgan fingerprint density at radius 3 is 2.89 bits per heavy atom. The third-order valence-electron chi connectivity index (χ3n) is 2.67. The first-order valence-electron chi connectivity index (χ1n) is 5.90. The maximum atomic E-state index is 5.59. The predicted molar refractivity (Wildman–Crippen MR) is 71.7 cm³/mol. The van der Waals surface area contributed by atoms with E-state index < -0.39 is 0 Å². The number of benzene rings is 1. The van der Waals surface area contributed by atoms with Crippen LogP contribution in [-0.4, -0.2) is 15.0 Å². The molecule has 0 amide bonds. The van der Waals surface area contributed by atoms with Gasteiger partial charge in [-0.3, -0.25) is 4.98 Å². The smallest absolute Gasteiger partial charge is 0.322 e. The summed E-state index contributed by atoms with van der Waals surface area (Å²) < 4.78 is 5.59. The number of aromatic nitrogens is 3. The number of fused-ring (bicyclic) bond motifs is 1. The van der Waals surface area contributed by atoms with Crippen LogP contribution in [0, 0.1) is 0 Å². The van der Waals surface area contributed by atoms with Gasteiger partial charge in [0.05, 0.1) is 17.4 Å². The van der Waals surface area contributed by atoms with Crippen LogP contribution in [0.5, 0.6) is 11.8 Å². The zero-order valence-electron chi connectivity index (χ0n) is 10.2. The van der Waals surface area contributed by atoms with Crippen LogP contribution in [0.25, 0.3) is 10.9 Å². The van der Waals surface area contributed by atoms with E-state index in [1.54, 1.807) is 18.5 Å². The number of hydrogen-bond acceptors (Lipinski definition) is 5. The van der Waals surface area contributed by atoms with E-state index in [0.717, 1.165) is 16.6 Å². The summed E-state index contributed by atoms with van der Waals surface area (Å²) in [4.78, 5) is 12.5. The van der Waals surface area contributed by atoms with Crippen molar-refractivity contribution in [2.45, 2.75) is 6.54 Å². The molecule has 0 unspecified atom stereocenters. The number of ether oxygens (including phenoxy) is 1. The molecule has 0 saturated carbocycles. The molecule has 5 nitrogen and oxygen atoms in total. The van der Waals surface area contributed by atoms with Crippen molar-refractivity contribution < 1.29 is 4.74 Å². The van der Waals surface area contributed by atoms with E-state index >= 15 is 0 Å². The molecule has 0 spiro atoms. The summed E-state index contributed by atoms with van der Waals surface area (Å²) in [5.41, 5.74) is 7.19. The lowest BCUT2D eigenvalue weighted by molar-refractivity contribution is 0.438. The van der Waals surface area contributed by atoms with Gasteiger partial charge in [0, 0.05) is 18.1 Å². The number of pyridine rings is 1. The molecule has 3 aromatic rings. The molecule has 2 N–H and O–H groups in total. The lowest BCUT2D eigenvalue weighted by Gasteiger charge is -2.05. The fourth-order valence-corrected chi connectivity index (χ4v) is 1.75. The second kappa shape index (κ2) is 4.99. The summed E-state index contributed by atoms with van der Waals surface area (Å²) in [6, 6.07) is 11.8. The second-order valence-corrected chi connectivity index (χ2v) is 4.00. The summed E-state index contributed by atoms with van der Waals surface area (Å²) in [6.07, 6.45) is 3.28. The van der Waals surface area contributed by atoms with Gasteiger partial charge in [0.2, 0.25) is 0 Å². The number of nitrogens with zero attached hydrogens (tertiary/aromatic N) is 3. The topological polar surface area (TPSA) is 73.9 Å². The molecule has 0 radical (unpaired) electrons. The standard InChI is InChI=1S/C14H12N4O/c15-8-11-5-6-16-14(18-11)19-12-7-10-3-1-2-4-13(10)17-9-12/h1-7,9H,8,15H2. The number of nitrogens with two attached hydrogens (primary N) is 1. The molecule has 5 heteroatoms. The van der Waals surface area contributed by atoms with Crippen LogP contribution in [0.4, 0.5) is 0 Å². The summed E-state index contributed by atoms with van der Waals surface area (Å²) in [7, 11) is 0. The maximum Gasteiger partial charge on any atom is 0.322 e. The van der Waals surface area contributed by atoms with Crippen molar-refractivity contribution >= 4 is 10.9 Å². The summed E-state index contributed by atoms with van der Waals surface area (Å²) in [5, 5.41) is 1.01. The number of rotatable bonds is 3. The zero-order chi connectivity index (χ0) is 13.1. The van der Waals surface area contributed by atoms with E-state index in [-0.39, 0.29) is 6.01 Å². The lowest BCUT2D eigenvalue weighted by atomic mass is 10.2. The van der Waals surface area contributed by atoms with Gasteiger partial charge in [0.1, 0.15) is 5.75 Å². The predicted octanol–water partition coefficient (Wildman–Crippen LogP) is 2.28. The maximum absolute atomic E-state index is 5.59. The van der Waals surface area contributed by atoms with Gasteiger partial charge in [-0.05, 0) is 18.2 Å². The van der Waals surface area contributed by atoms with Gasteiger partial charge in [-0.2, -0.15) is 4.98 Å². The Bertz CT molecular complexity index is 714. The molecule has 0 atom stereocenters. The largest absolute Gasteiger partial charge is 0.423 e. The molecule has 94 valence electrons. The van der Waals surface area contributed by atoms with E-state index in [0.29, 0.717) is 12.3 Å². The van der Waals surface area contributed by atoms with Crippen LogP contribution in [0.15, 0.2) is 48.8 Å². The average Bonchev–Trinajstić information content (AvgIpc) is 2.47. The molecule has 0 saturated heterocycles. The van der Waals surface area contributed by atoms with Gasteiger partial charge in [-0.1, -0.05) is 18.2 Å². The Kier molecular flexibility index (Phi) is 3.04. The van der Waals surface area contributed by atoms with Crippen molar-refractivity contribution in [2.75, 3.05) is 0 Å². The first-order valence-corrected chi connectivity index (χ1v) is 5.90. The zero-order valence-corrected chi connectivity index (χ0v) is 10.2. The number of para-hydroxylation sites is 1. The normalized spacial score (nSPS) is 10.6. The third-order valence-corrected chi connectivity index (χ3v) is 2.67. The summed E-state index contributed by atoms with van der Waals surface area (Å²) in [5.74, 6) is 0.605. The highest BCUT2D eigenvalue weighted by molar-refractivity contribution is 5.79. The van der Waals surface area contributed by atoms with Crippen LogP contribution in [-0.2, 0) is 6.54 Å². The first kappa shape index (κ1) is 11.6. The highest BCUT2D eigenvalue weighted by Crippen LogP contribution is 2.21. The minimum Gasteiger partial charge on any atom is -0.423 e. The molecular formula is C14H12N4O. The van der Waals surface area contributed by atoms with Crippen molar-refractivity contribution in [2.24, 2.45) is 5.73 Å². The third kappa shape index (κ3) is 2.51. The Morgan fingerprint density at radius 2 is 2.00 bits per heavy atom. The molecule has 19 heavy (non-hydrogen) atoms. The first-order chi connectivity index (χ1) is 9.35. The Hall–Kier alpha value is -2.53. The molecular weight excluding hydrogens is 240 g/mol. The van der Waals surface area contributed by atoms with E-state index in [1.165, 1.54) is 0 Å². The molecule has 0 aliphatic heterocycles. The minimum atomic E-state index is 0.278. The van der Waals surface area contributed by atoms with E-state index in [4.69, 9.17) is 10.5 Å². The second-order valence-electron chi connectivity index (χ2n) is 4.00. The quantitative estimate of drug-likeness (QED) is 0.774. The lowest BCUT2D eigenvalue weighted by Crippen LogP contribution is -2.01. The molecule has 2 heterocycles. The highest BCUT2D eigenvalue weighted by atomic mass is 16.5. The van der Waals surface area contributed by atoms with Crippen LogP contribution < -0.4 is 10.5 Å². The van der Waals surface area contributed by atoms with Crippen molar-refractivity contribution in [3.8, 4) is 11.8 Å². The van der Waals surface area contributed by atoms with Crippen LogP contribution in [0.1, 0.15) is 5.69 Å². The SMILES string of the molecule is NCc1ccnc(Oc2cnc3ccccc3c2)n1. The van der Waals surface area contributed by atoms with Gasteiger partial charge < -0.3 is 10.5 Å². The minimum absolute atomic E-state index is 0.278. The Balaban J connectivity index is 1.92. The fourth-order valence-electron chi connectivity index (χ4n) is 1.75. The molecule has 0 aliphatic carbocycles. The van der Waals surface area contributed by atoms with Gasteiger partial charge >= 0.3 is 6.01 Å². The number of hydrogen-bond donors (Lipinski definition) is 1. The van der Waals surface area contributed by atoms with Crippen molar-refractivity contribution in [3.05, 3.63) is 54.5 Å². The van der Waals surface area contributed by atoms with Gasteiger partial charge in [-0.15, -0.1) is 0 Å². The Morgan fingerprint density at radius 1 is 1.11 bits per heavy atom. The molecule has 0 aliphatic rings. The van der Waals surface area contributed by atoms with E-state index in [1.807, 2.05) is 30.3 Å². The molecule has 3 rings (SSSR count). The van der Waals surface area contributed by atoms with Crippen molar-refractivity contribution in [1.82, 2.24) is 15.0 Å². The summed E-state index contributed by atoms with van der Waals surface area (Å²) >= 11 is 0. The summed E-state index contributed by atoms with van der Waals surface area (Å²) in [6.45, 7) is 0.356.